The molecule has 2 aromatic carbocycles. The minimum Gasteiger partial charge on any atom is -0.492 e. The second kappa shape index (κ2) is 10.0. The molecular weight excluding hydrogens is 486 g/mol. The Morgan fingerprint density at radius 3 is 2.54 bits per heavy atom. The molecule has 0 spiro atoms. The molecule has 5 nitrogen and oxygen atoms in total. The SMILES string of the molecule is CC(C)(F)C(=O)N1CCCc2c([nH]c3ccccc23)[C@H]1c1c(F)cc(OCCN2CC(CF)C2)cc1F. The number of hydrogen-bond acceptors (Lipinski definition) is 3. The summed E-state index contributed by atoms with van der Waals surface area (Å²) in [5.41, 5.74) is -0.403. The summed E-state index contributed by atoms with van der Waals surface area (Å²) in [5, 5.41) is 0.915. The van der Waals surface area contributed by atoms with Crippen LogP contribution in [0, 0.1) is 17.6 Å². The van der Waals surface area contributed by atoms with Crippen molar-refractivity contribution >= 4 is 16.8 Å². The van der Waals surface area contributed by atoms with E-state index in [1.54, 1.807) is 0 Å². The predicted octanol–water partition coefficient (Wildman–Crippen LogP) is 5.34. The van der Waals surface area contributed by atoms with Crippen LogP contribution in [0.3, 0.4) is 0 Å². The maximum Gasteiger partial charge on any atom is 0.260 e. The van der Waals surface area contributed by atoms with E-state index in [0.717, 1.165) is 42.4 Å². The zero-order chi connectivity index (χ0) is 26.3. The number of likely N-dealkylation sites (tertiary alicyclic amines) is 1. The number of carbonyl (C=O) groups is 1. The summed E-state index contributed by atoms with van der Waals surface area (Å²) in [6, 6.07) is 8.58. The standard InChI is InChI=1S/C28H31F4N3O2/c1-28(2,32)27(36)35-9-5-7-20-19-6-3-4-8-23(19)33-25(20)26(35)24-21(30)12-18(13-22(24)31)37-11-10-34-15-17(14-29)16-34/h3-4,6,8,12-13,17,26,33H,5,7,9-11,14-16H2,1-2H3/t26-/m1/s1. The van der Waals surface area contributed by atoms with E-state index in [2.05, 4.69) is 4.98 Å². The highest BCUT2D eigenvalue weighted by atomic mass is 19.1. The van der Waals surface area contributed by atoms with E-state index in [1.807, 2.05) is 29.2 Å². The maximum atomic E-state index is 15.7. The number of alkyl halides is 2. The van der Waals surface area contributed by atoms with Crippen molar-refractivity contribution in [2.75, 3.05) is 39.5 Å². The van der Waals surface area contributed by atoms with Gasteiger partial charge in [0, 0.05) is 60.8 Å². The molecule has 1 amide bonds. The van der Waals surface area contributed by atoms with Crippen LogP contribution in [0.4, 0.5) is 17.6 Å². The van der Waals surface area contributed by atoms with E-state index >= 15 is 8.78 Å². The fourth-order valence-corrected chi connectivity index (χ4v) is 5.45. The van der Waals surface area contributed by atoms with Gasteiger partial charge in [-0.25, -0.2) is 13.2 Å². The lowest BCUT2D eigenvalue weighted by atomic mass is 9.96. The van der Waals surface area contributed by atoms with Gasteiger partial charge in [-0.2, -0.15) is 0 Å². The smallest absolute Gasteiger partial charge is 0.260 e. The molecule has 198 valence electrons. The number of H-pyrrole nitrogens is 1. The van der Waals surface area contributed by atoms with Gasteiger partial charge >= 0.3 is 0 Å². The van der Waals surface area contributed by atoms with Gasteiger partial charge in [0.25, 0.3) is 5.91 Å². The van der Waals surface area contributed by atoms with E-state index in [9.17, 15) is 13.6 Å². The van der Waals surface area contributed by atoms with Crippen molar-refractivity contribution in [1.82, 2.24) is 14.8 Å². The Hall–Kier alpha value is -3.07. The number of hydrogen-bond donors (Lipinski definition) is 1. The first-order chi connectivity index (χ1) is 17.7. The number of rotatable bonds is 7. The van der Waals surface area contributed by atoms with Crippen LogP contribution in [0.25, 0.3) is 10.9 Å². The van der Waals surface area contributed by atoms with Crippen molar-refractivity contribution < 1.29 is 27.1 Å². The quantitative estimate of drug-likeness (QED) is 0.431. The Morgan fingerprint density at radius 1 is 1.16 bits per heavy atom. The molecule has 5 rings (SSSR count). The predicted molar refractivity (Wildman–Crippen MR) is 133 cm³/mol. The summed E-state index contributed by atoms with van der Waals surface area (Å²) < 4.78 is 64.4. The number of carbonyl (C=O) groups excluding carboxylic acids is 1. The van der Waals surface area contributed by atoms with Crippen LogP contribution in [0.2, 0.25) is 0 Å². The molecular formula is C28H31F4N3O2. The highest BCUT2D eigenvalue weighted by Crippen LogP contribution is 2.41. The Kier molecular flexibility index (Phi) is 6.91. The van der Waals surface area contributed by atoms with Gasteiger partial charge < -0.3 is 14.6 Å². The first-order valence-electron chi connectivity index (χ1n) is 12.7. The molecule has 1 aromatic heterocycles. The largest absolute Gasteiger partial charge is 0.492 e. The van der Waals surface area contributed by atoms with Crippen LogP contribution in [-0.4, -0.2) is 65.8 Å². The third-order valence-corrected chi connectivity index (χ3v) is 7.28. The summed E-state index contributed by atoms with van der Waals surface area (Å²) in [4.78, 5) is 19.7. The number of halogens is 4. The summed E-state index contributed by atoms with van der Waals surface area (Å²) >= 11 is 0. The first-order valence-corrected chi connectivity index (χ1v) is 12.7. The lowest BCUT2D eigenvalue weighted by Crippen LogP contribution is -2.49. The molecule has 1 fully saturated rings. The van der Waals surface area contributed by atoms with Crippen molar-refractivity contribution in [2.24, 2.45) is 5.92 Å². The lowest BCUT2D eigenvalue weighted by Gasteiger charge is -2.37. The minimum atomic E-state index is -2.22. The molecule has 2 aliphatic rings. The van der Waals surface area contributed by atoms with Crippen molar-refractivity contribution in [3.8, 4) is 5.75 Å². The number of para-hydroxylation sites is 1. The van der Waals surface area contributed by atoms with Gasteiger partial charge in [-0.05, 0) is 38.3 Å². The van der Waals surface area contributed by atoms with Crippen LogP contribution in [0.15, 0.2) is 36.4 Å². The zero-order valence-electron chi connectivity index (χ0n) is 21.0. The molecule has 0 aliphatic carbocycles. The zero-order valence-corrected chi connectivity index (χ0v) is 21.0. The third-order valence-electron chi connectivity index (χ3n) is 7.28. The van der Waals surface area contributed by atoms with Gasteiger partial charge in [0.15, 0.2) is 5.67 Å². The number of fused-ring (bicyclic) bond motifs is 3. The van der Waals surface area contributed by atoms with Crippen LogP contribution in [-0.2, 0) is 11.2 Å². The van der Waals surface area contributed by atoms with Gasteiger partial charge in [0.05, 0.1) is 12.2 Å². The fourth-order valence-electron chi connectivity index (χ4n) is 5.45. The maximum absolute atomic E-state index is 15.7. The molecule has 1 saturated heterocycles. The van der Waals surface area contributed by atoms with Gasteiger partial charge in [0.2, 0.25) is 0 Å². The van der Waals surface area contributed by atoms with Crippen molar-refractivity contribution in [2.45, 2.75) is 38.4 Å². The van der Waals surface area contributed by atoms with Gasteiger partial charge in [-0.15, -0.1) is 0 Å². The topological polar surface area (TPSA) is 48.6 Å². The Balaban J connectivity index is 1.50. The average molecular weight is 518 g/mol. The molecule has 2 aliphatic heterocycles. The highest BCUT2D eigenvalue weighted by Gasteiger charge is 2.41. The minimum absolute atomic E-state index is 0.0236. The summed E-state index contributed by atoms with van der Waals surface area (Å²) in [6.45, 7) is 4.12. The van der Waals surface area contributed by atoms with Crippen LogP contribution in [0.1, 0.15) is 43.1 Å². The normalized spacial score (nSPS) is 19.0. The number of amides is 1. The summed E-state index contributed by atoms with van der Waals surface area (Å²) in [7, 11) is 0. The second-order valence-corrected chi connectivity index (χ2v) is 10.5. The monoisotopic (exact) mass is 517 g/mol. The van der Waals surface area contributed by atoms with Crippen LogP contribution < -0.4 is 4.74 Å². The van der Waals surface area contributed by atoms with E-state index in [1.165, 1.54) is 4.90 Å². The molecule has 37 heavy (non-hydrogen) atoms. The van der Waals surface area contributed by atoms with Crippen LogP contribution in [0.5, 0.6) is 5.75 Å². The number of benzene rings is 2. The first kappa shape index (κ1) is 25.6. The van der Waals surface area contributed by atoms with Gasteiger partial charge in [-0.3, -0.25) is 14.1 Å². The van der Waals surface area contributed by atoms with Crippen molar-refractivity contribution in [3.63, 3.8) is 0 Å². The van der Waals surface area contributed by atoms with Crippen LogP contribution >= 0.6 is 0 Å². The number of aryl methyl sites for hydroxylation is 1. The van der Waals surface area contributed by atoms with Crippen molar-refractivity contribution in [3.05, 3.63) is 64.9 Å². The molecule has 3 aromatic rings. The fraction of sp³-hybridized carbons (Fsp3) is 0.464. The van der Waals surface area contributed by atoms with Crippen molar-refractivity contribution in [1.29, 1.82) is 0 Å². The van der Waals surface area contributed by atoms with E-state index < -0.39 is 29.3 Å². The van der Waals surface area contributed by atoms with Gasteiger partial charge in [-0.1, -0.05) is 18.2 Å². The number of aromatic amines is 1. The van der Waals surface area contributed by atoms with E-state index in [4.69, 9.17) is 4.74 Å². The van der Waals surface area contributed by atoms with Gasteiger partial charge in [0.1, 0.15) is 30.0 Å². The molecule has 9 heteroatoms. The second-order valence-electron chi connectivity index (χ2n) is 10.5. The summed E-state index contributed by atoms with van der Waals surface area (Å²) in [6.07, 6.45) is 1.11. The number of nitrogens with one attached hydrogen (secondary N) is 1. The Morgan fingerprint density at radius 2 is 1.86 bits per heavy atom. The molecule has 0 unspecified atom stereocenters. The molecule has 0 bridgehead atoms. The Labute approximate surface area is 213 Å². The summed E-state index contributed by atoms with van der Waals surface area (Å²) in [5.74, 6) is -2.51. The highest BCUT2D eigenvalue weighted by molar-refractivity contribution is 5.88. The Bertz CT molecular complexity index is 1270. The number of ether oxygens (including phenoxy) is 1. The van der Waals surface area contributed by atoms with E-state index in [0.29, 0.717) is 38.2 Å². The average Bonchev–Trinajstić information content (AvgIpc) is 3.08. The molecule has 1 atom stereocenters. The number of nitrogens with zero attached hydrogens (tertiary/aromatic N) is 2. The molecule has 3 heterocycles. The molecule has 0 radical (unpaired) electrons. The lowest BCUT2D eigenvalue weighted by molar-refractivity contribution is -0.143. The third kappa shape index (κ3) is 4.93. The number of aromatic nitrogens is 1. The molecule has 0 saturated carbocycles. The van der Waals surface area contributed by atoms with E-state index in [-0.39, 0.29) is 37.1 Å². The molecule has 1 N–H and O–H groups in total.